The summed E-state index contributed by atoms with van der Waals surface area (Å²) in [5, 5.41) is 8.87. The molecule has 5 nitrogen and oxygen atoms in total. The SMILES string of the molecule is O=C(c1ccc(I)cc1)c1nc[nH]c1C(=O)O. The van der Waals surface area contributed by atoms with Crippen LogP contribution in [-0.4, -0.2) is 26.8 Å². The summed E-state index contributed by atoms with van der Waals surface area (Å²) >= 11 is 2.12. The van der Waals surface area contributed by atoms with Crippen LogP contribution in [0.5, 0.6) is 0 Å². The van der Waals surface area contributed by atoms with Crippen molar-refractivity contribution in [3.63, 3.8) is 0 Å². The largest absolute Gasteiger partial charge is 0.477 e. The summed E-state index contributed by atoms with van der Waals surface area (Å²) in [6.45, 7) is 0. The molecule has 0 saturated heterocycles. The zero-order valence-electron chi connectivity index (χ0n) is 8.48. The van der Waals surface area contributed by atoms with Gasteiger partial charge in [-0.05, 0) is 46.9 Å². The second kappa shape index (κ2) is 4.66. The summed E-state index contributed by atoms with van der Waals surface area (Å²) in [5.41, 5.74) is 0.160. The van der Waals surface area contributed by atoms with Gasteiger partial charge in [-0.1, -0.05) is 0 Å². The second-order valence-corrected chi connectivity index (χ2v) is 4.51. The van der Waals surface area contributed by atoms with Gasteiger partial charge in [-0.15, -0.1) is 0 Å². The molecule has 1 heterocycles. The van der Waals surface area contributed by atoms with Crippen LogP contribution in [0.1, 0.15) is 26.5 Å². The summed E-state index contributed by atoms with van der Waals surface area (Å²) in [5.74, 6) is -1.60. The first-order valence-electron chi connectivity index (χ1n) is 4.66. The topological polar surface area (TPSA) is 83.0 Å². The van der Waals surface area contributed by atoms with Gasteiger partial charge in [0.25, 0.3) is 0 Å². The van der Waals surface area contributed by atoms with Crippen LogP contribution >= 0.6 is 22.6 Å². The number of aromatic carboxylic acids is 1. The molecular formula is C11H7IN2O3. The molecule has 0 radical (unpaired) electrons. The van der Waals surface area contributed by atoms with Crippen molar-refractivity contribution in [1.29, 1.82) is 0 Å². The smallest absolute Gasteiger partial charge is 0.354 e. The molecule has 2 N–H and O–H groups in total. The first kappa shape index (κ1) is 11.8. The maximum Gasteiger partial charge on any atom is 0.354 e. The van der Waals surface area contributed by atoms with Crippen molar-refractivity contribution in [2.24, 2.45) is 0 Å². The fourth-order valence-electron chi connectivity index (χ4n) is 1.37. The zero-order valence-corrected chi connectivity index (χ0v) is 10.6. The maximum atomic E-state index is 12.0. The number of rotatable bonds is 3. The number of carbonyl (C=O) groups excluding carboxylic acids is 1. The number of hydrogen-bond donors (Lipinski definition) is 2. The van der Waals surface area contributed by atoms with E-state index in [1.54, 1.807) is 24.3 Å². The van der Waals surface area contributed by atoms with Crippen LogP contribution in [0.4, 0.5) is 0 Å². The Labute approximate surface area is 110 Å². The molecule has 0 unspecified atom stereocenters. The van der Waals surface area contributed by atoms with Crippen LogP contribution in [0.15, 0.2) is 30.6 Å². The third-order valence-electron chi connectivity index (χ3n) is 2.17. The van der Waals surface area contributed by atoms with Crippen LogP contribution in [0, 0.1) is 3.57 Å². The third kappa shape index (κ3) is 2.36. The van der Waals surface area contributed by atoms with E-state index >= 15 is 0 Å². The lowest BCUT2D eigenvalue weighted by atomic mass is 10.1. The number of nitrogens with one attached hydrogen (secondary N) is 1. The number of H-pyrrole nitrogens is 1. The molecule has 17 heavy (non-hydrogen) atoms. The predicted octanol–water partition coefficient (Wildman–Crippen LogP) is 1.94. The second-order valence-electron chi connectivity index (χ2n) is 3.27. The summed E-state index contributed by atoms with van der Waals surface area (Å²) in [6, 6.07) is 6.84. The van der Waals surface area contributed by atoms with Crippen molar-refractivity contribution >= 4 is 34.3 Å². The fraction of sp³-hybridized carbons (Fsp3) is 0. The van der Waals surface area contributed by atoms with Gasteiger partial charge in [-0.25, -0.2) is 9.78 Å². The van der Waals surface area contributed by atoms with E-state index in [1.807, 2.05) is 0 Å². The Morgan fingerprint density at radius 2 is 1.88 bits per heavy atom. The molecule has 1 aromatic carbocycles. The minimum Gasteiger partial charge on any atom is -0.477 e. The molecule has 0 atom stereocenters. The fourth-order valence-corrected chi connectivity index (χ4v) is 1.73. The molecule has 1 aromatic heterocycles. The average molecular weight is 342 g/mol. The highest BCUT2D eigenvalue weighted by Gasteiger charge is 2.20. The number of carboxylic acids is 1. The van der Waals surface area contributed by atoms with Gasteiger partial charge in [0.15, 0.2) is 5.69 Å². The molecule has 2 aromatic rings. The number of ketones is 1. The summed E-state index contributed by atoms with van der Waals surface area (Å²) in [4.78, 5) is 29.0. The Hall–Kier alpha value is -1.70. The number of benzene rings is 1. The minimum absolute atomic E-state index is 0.0706. The van der Waals surface area contributed by atoms with Gasteiger partial charge in [0.1, 0.15) is 5.69 Å². The van der Waals surface area contributed by atoms with Crippen LogP contribution in [0.25, 0.3) is 0 Å². The van der Waals surface area contributed by atoms with E-state index in [9.17, 15) is 9.59 Å². The van der Waals surface area contributed by atoms with E-state index in [1.165, 1.54) is 6.33 Å². The van der Waals surface area contributed by atoms with Crippen molar-refractivity contribution in [3.8, 4) is 0 Å². The number of nitrogens with zero attached hydrogens (tertiary/aromatic N) is 1. The van der Waals surface area contributed by atoms with E-state index in [4.69, 9.17) is 5.11 Å². The van der Waals surface area contributed by atoms with Crippen molar-refractivity contribution in [1.82, 2.24) is 9.97 Å². The van der Waals surface area contributed by atoms with Gasteiger partial charge >= 0.3 is 5.97 Å². The highest BCUT2D eigenvalue weighted by atomic mass is 127. The van der Waals surface area contributed by atoms with E-state index < -0.39 is 11.8 Å². The van der Waals surface area contributed by atoms with Gasteiger partial charge in [-0.3, -0.25) is 4.79 Å². The average Bonchev–Trinajstić information content (AvgIpc) is 2.78. The Kier molecular flexibility index (Phi) is 3.23. The highest BCUT2D eigenvalue weighted by molar-refractivity contribution is 14.1. The van der Waals surface area contributed by atoms with Gasteiger partial charge < -0.3 is 10.1 Å². The number of aromatic nitrogens is 2. The Morgan fingerprint density at radius 3 is 2.47 bits per heavy atom. The molecule has 2 rings (SSSR count). The van der Waals surface area contributed by atoms with Gasteiger partial charge in [-0.2, -0.15) is 0 Å². The molecule has 0 saturated carbocycles. The molecule has 0 spiro atoms. The quantitative estimate of drug-likeness (QED) is 0.660. The molecule has 0 fully saturated rings. The molecule has 0 aliphatic rings. The van der Waals surface area contributed by atoms with Crippen LogP contribution in [0.3, 0.4) is 0 Å². The molecule has 0 amide bonds. The molecule has 0 aliphatic heterocycles. The van der Waals surface area contributed by atoms with E-state index in [2.05, 4.69) is 32.6 Å². The minimum atomic E-state index is -1.20. The van der Waals surface area contributed by atoms with Crippen LogP contribution in [0.2, 0.25) is 0 Å². The lowest BCUT2D eigenvalue weighted by molar-refractivity contribution is 0.0687. The Bertz CT molecular complexity index is 575. The molecule has 0 bridgehead atoms. The highest BCUT2D eigenvalue weighted by Crippen LogP contribution is 2.13. The van der Waals surface area contributed by atoms with Gasteiger partial charge in [0.2, 0.25) is 5.78 Å². The zero-order chi connectivity index (χ0) is 12.4. The molecule has 0 aliphatic carbocycles. The maximum absolute atomic E-state index is 12.0. The normalized spacial score (nSPS) is 10.2. The molecule has 86 valence electrons. The van der Waals surface area contributed by atoms with Gasteiger partial charge in [0, 0.05) is 9.13 Å². The Balaban J connectivity index is 2.40. The van der Waals surface area contributed by atoms with E-state index in [0.29, 0.717) is 5.56 Å². The predicted molar refractivity (Wildman–Crippen MR) is 68.1 cm³/mol. The number of halogens is 1. The van der Waals surface area contributed by atoms with Crippen molar-refractivity contribution in [2.45, 2.75) is 0 Å². The van der Waals surface area contributed by atoms with Crippen molar-refractivity contribution < 1.29 is 14.7 Å². The Morgan fingerprint density at radius 1 is 1.24 bits per heavy atom. The van der Waals surface area contributed by atoms with Crippen LogP contribution in [-0.2, 0) is 0 Å². The monoisotopic (exact) mass is 342 g/mol. The lowest BCUT2D eigenvalue weighted by Gasteiger charge is -1.99. The summed E-state index contributed by atoms with van der Waals surface area (Å²) in [7, 11) is 0. The third-order valence-corrected chi connectivity index (χ3v) is 2.89. The standard InChI is InChI=1S/C11H7IN2O3/c12-7-3-1-6(2-4-7)10(15)8-9(11(16)17)14-5-13-8/h1-5H,(H,13,14)(H,16,17). The summed E-state index contributed by atoms with van der Waals surface area (Å²) < 4.78 is 1.000. The number of carboxylic acid groups (broad SMARTS) is 1. The molecular weight excluding hydrogens is 335 g/mol. The number of hydrogen-bond acceptors (Lipinski definition) is 3. The van der Waals surface area contributed by atoms with E-state index in [0.717, 1.165) is 3.57 Å². The van der Waals surface area contributed by atoms with Gasteiger partial charge in [0.05, 0.1) is 6.33 Å². The van der Waals surface area contributed by atoms with E-state index in [-0.39, 0.29) is 11.4 Å². The first-order valence-corrected chi connectivity index (χ1v) is 5.74. The number of aromatic amines is 1. The van der Waals surface area contributed by atoms with Crippen LogP contribution < -0.4 is 0 Å². The first-order chi connectivity index (χ1) is 8.09. The summed E-state index contributed by atoms with van der Waals surface area (Å²) in [6.07, 6.45) is 1.20. The molecule has 6 heteroatoms. The van der Waals surface area contributed by atoms with Crippen molar-refractivity contribution in [3.05, 3.63) is 51.1 Å². The van der Waals surface area contributed by atoms with Crippen molar-refractivity contribution in [2.75, 3.05) is 0 Å². The number of carbonyl (C=O) groups is 2. The number of imidazole rings is 1. The lowest BCUT2D eigenvalue weighted by Crippen LogP contribution is -2.09.